The van der Waals surface area contributed by atoms with Gasteiger partial charge in [0.1, 0.15) is 5.75 Å². The van der Waals surface area contributed by atoms with Crippen molar-refractivity contribution in [3.8, 4) is 5.75 Å². The van der Waals surface area contributed by atoms with Crippen LogP contribution in [-0.4, -0.2) is 36.5 Å². The van der Waals surface area contributed by atoms with E-state index in [-0.39, 0.29) is 41.9 Å². The summed E-state index contributed by atoms with van der Waals surface area (Å²) in [4.78, 5) is 42.5. The van der Waals surface area contributed by atoms with Gasteiger partial charge < -0.3 is 19.3 Å². The first-order chi connectivity index (χ1) is 20.3. The minimum Gasteiger partial charge on any atom is -0.490 e. The van der Waals surface area contributed by atoms with Gasteiger partial charge in [0, 0.05) is 34.9 Å². The predicted octanol–water partition coefficient (Wildman–Crippen LogP) is 7.37. The second kappa shape index (κ2) is 13.0. The lowest BCUT2D eigenvalue weighted by molar-refractivity contribution is -0.149. The van der Waals surface area contributed by atoms with Gasteiger partial charge in [-0.2, -0.15) is 0 Å². The standard InChI is InChI=1S/C34H37ClN2O5/c1-4-41-34(40)25-11-19-29(20-12-25)42-28-17-9-24(10-18-28)33(39)36-22(2)21-32(30-7-5-6-8-31(30)36)37(23(3)38)27-15-13-26(35)14-16-27/h5-10,13-18,22,25,29,32H,4,11-12,19-21H2,1-3H3. The Hall–Kier alpha value is -3.84. The lowest BCUT2D eigenvalue weighted by Gasteiger charge is -2.43. The zero-order valence-corrected chi connectivity index (χ0v) is 25.0. The van der Waals surface area contributed by atoms with Crippen molar-refractivity contribution in [3.63, 3.8) is 0 Å². The molecular formula is C34H37ClN2O5. The molecule has 0 bridgehead atoms. The van der Waals surface area contributed by atoms with Crippen molar-refractivity contribution in [1.29, 1.82) is 0 Å². The predicted molar refractivity (Wildman–Crippen MR) is 164 cm³/mol. The highest BCUT2D eigenvalue weighted by atomic mass is 35.5. The molecule has 2 amide bonds. The summed E-state index contributed by atoms with van der Waals surface area (Å²) in [5.41, 5.74) is 3.05. The summed E-state index contributed by atoms with van der Waals surface area (Å²) in [6.45, 7) is 5.82. The van der Waals surface area contributed by atoms with Crippen molar-refractivity contribution in [2.24, 2.45) is 5.92 Å². The topological polar surface area (TPSA) is 76.2 Å². The van der Waals surface area contributed by atoms with Crippen LogP contribution < -0.4 is 14.5 Å². The number of hydrogen-bond donors (Lipinski definition) is 0. The number of amides is 2. The Labute approximate surface area is 252 Å². The van der Waals surface area contributed by atoms with Gasteiger partial charge in [0.05, 0.1) is 24.7 Å². The molecule has 8 heteroatoms. The minimum atomic E-state index is -0.228. The minimum absolute atomic E-state index is 0.0352. The number of fused-ring (bicyclic) bond motifs is 1. The van der Waals surface area contributed by atoms with Crippen LogP contribution in [0.5, 0.6) is 5.75 Å². The molecule has 0 saturated heterocycles. The van der Waals surface area contributed by atoms with Crippen molar-refractivity contribution in [3.05, 3.63) is 88.9 Å². The SMILES string of the molecule is CCOC(=O)C1CCC(Oc2ccc(C(=O)N3c4ccccc4C(N(C(C)=O)c4ccc(Cl)cc4)CC3C)cc2)CC1. The fraction of sp³-hybridized carbons (Fsp3) is 0.382. The van der Waals surface area contributed by atoms with Crippen LogP contribution in [0.25, 0.3) is 0 Å². The van der Waals surface area contributed by atoms with E-state index in [4.69, 9.17) is 21.1 Å². The Kier molecular flexibility index (Phi) is 9.17. The van der Waals surface area contributed by atoms with Crippen molar-refractivity contribution in [2.75, 3.05) is 16.4 Å². The molecule has 1 aliphatic carbocycles. The molecule has 3 aromatic rings. The zero-order valence-electron chi connectivity index (χ0n) is 24.3. The molecule has 3 aromatic carbocycles. The molecule has 0 spiro atoms. The number of para-hydroxylation sites is 1. The number of ether oxygens (including phenoxy) is 2. The van der Waals surface area contributed by atoms with Crippen LogP contribution >= 0.6 is 11.6 Å². The Balaban J connectivity index is 1.31. The van der Waals surface area contributed by atoms with Gasteiger partial charge in [0.2, 0.25) is 5.91 Å². The summed E-state index contributed by atoms with van der Waals surface area (Å²) in [6.07, 6.45) is 3.72. The summed E-state index contributed by atoms with van der Waals surface area (Å²) in [5.74, 6) is 0.369. The Morgan fingerprint density at radius 3 is 2.24 bits per heavy atom. The van der Waals surface area contributed by atoms with Crippen LogP contribution in [0.3, 0.4) is 0 Å². The van der Waals surface area contributed by atoms with Crippen LogP contribution in [0.4, 0.5) is 11.4 Å². The number of halogens is 1. The first-order valence-corrected chi connectivity index (χ1v) is 15.1. The van der Waals surface area contributed by atoms with Crippen LogP contribution in [0, 0.1) is 5.92 Å². The number of carbonyl (C=O) groups is 3. The largest absolute Gasteiger partial charge is 0.490 e. The molecule has 2 aliphatic rings. The summed E-state index contributed by atoms with van der Waals surface area (Å²) in [7, 11) is 0. The summed E-state index contributed by atoms with van der Waals surface area (Å²) < 4.78 is 11.4. The number of hydrogen-bond acceptors (Lipinski definition) is 5. The number of benzene rings is 3. The van der Waals surface area contributed by atoms with E-state index in [1.54, 1.807) is 36.1 Å². The number of carbonyl (C=O) groups excluding carboxylic acids is 3. The second-order valence-corrected chi connectivity index (χ2v) is 11.5. The number of anilines is 2. The van der Waals surface area contributed by atoms with Gasteiger partial charge in [-0.1, -0.05) is 29.8 Å². The Morgan fingerprint density at radius 1 is 0.929 bits per heavy atom. The maximum Gasteiger partial charge on any atom is 0.308 e. The fourth-order valence-corrected chi connectivity index (χ4v) is 6.33. The molecule has 1 fully saturated rings. The van der Waals surface area contributed by atoms with E-state index >= 15 is 0 Å². The Bertz CT molecular complexity index is 1420. The lowest BCUT2D eigenvalue weighted by atomic mass is 9.87. The van der Waals surface area contributed by atoms with E-state index < -0.39 is 0 Å². The first-order valence-electron chi connectivity index (χ1n) is 14.7. The molecule has 1 heterocycles. The normalized spacial score (nSPS) is 21.7. The van der Waals surface area contributed by atoms with Crippen LogP contribution in [0.2, 0.25) is 5.02 Å². The van der Waals surface area contributed by atoms with E-state index in [1.807, 2.05) is 67.3 Å². The van der Waals surface area contributed by atoms with Gasteiger partial charge >= 0.3 is 5.97 Å². The van der Waals surface area contributed by atoms with Crippen molar-refractivity contribution < 1.29 is 23.9 Å². The quantitative estimate of drug-likeness (QED) is 0.269. The van der Waals surface area contributed by atoms with Crippen molar-refractivity contribution in [1.82, 2.24) is 0 Å². The molecule has 42 heavy (non-hydrogen) atoms. The van der Waals surface area contributed by atoms with Crippen molar-refractivity contribution >= 4 is 40.8 Å². The van der Waals surface area contributed by atoms with Gasteiger partial charge in [-0.05, 0) is 106 Å². The highest BCUT2D eigenvalue weighted by Crippen LogP contribution is 2.43. The third kappa shape index (κ3) is 6.31. The molecule has 0 aromatic heterocycles. The van der Waals surface area contributed by atoms with Gasteiger partial charge in [0.25, 0.3) is 5.91 Å². The molecule has 2 atom stereocenters. The van der Waals surface area contributed by atoms with Crippen LogP contribution in [0.15, 0.2) is 72.8 Å². The molecule has 0 radical (unpaired) electrons. The molecule has 5 rings (SSSR count). The second-order valence-electron chi connectivity index (χ2n) is 11.1. The third-order valence-electron chi connectivity index (χ3n) is 8.23. The maximum atomic E-state index is 13.9. The fourth-order valence-electron chi connectivity index (χ4n) is 6.20. The smallest absolute Gasteiger partial charge is 0.308 e. The van der Waals surface area contributed by atoms with Crippen LogP contribution in [-0.2, 0) is 14.3 Å². The van der Waals surface area contributed by atoms with Gasteiger partial charge in [-0.25, -0.2) is 0 Å². The monoisotopic (exact) mass is 588 g/mol. The molecule has 220 valence electrons. The summed E-state index contributed by atoms with van der Waals surface area (Å²) >= 11 is 6.11. The molecule has 0 N–H and O–H groups in total. The molecule has 1 saturated carbocycles. The van der Waals surface area contributed by atoms with E-state index in [0.29, 0.717) is 29.4 Å². The van der Waals surface area contributed by atoms with Gasteiger partial charge in [-0.15, -0.1) is 0 Å². The highest BCUT2D eigenvalue weighted by molar-refractivity contribution is 6.30. The average molecular weight is 589 g/mol. The van der Waals surface area contributed by atoms with E-state index in [9.17, 15) is 14.4 Å². The number of rotatable bonds is 7. The highest BCUT2D eigenvalue weighted by Gasteiger charge is 2.38. The average Bonchev–Trinajstić information content (AvgIpc) is 2.99. The van der Waals surface area contributed by atoms with Crippen LogP contribution in [0.1, 0.15) is 74.8 Å². The number of esters is 1. The zero-order chi connectivity index (χ0) is 29.8. The molecular weight excluding hydrogens is 552 g/mol. The lowest BCUT2D eigenvalue weighted by Crippen LogP contribution is -2.47. The maximum absolute atomic E-state index is 13.9. The van der Waals surface area contributed by atoms with E-state index in [2.05, 4.69) is 0 Å². The summed E-state index contributed by atoms with van der Waals surface area (Å²) in [5, 5.41) is 0.606. The van der Waals surface area contributed by atoms with Gasteiger partial charge in [-0.3, -0.25) is 14.4 Å². The molecule has 7 nitrogen and oxygen atoms in total. The Morgan fingerprint density at radius 2 is 1.60 bits per heavy atom. The summed E-state index contributed by atoms with van der Waals surface area (Å²) in [6, 6.07) is 22.0. The number of nitrogens with zero attached hydrogens (tertiary/aromatic N) is 2. The molecule has 1 aliphatic heterocycles. The first kappa shape index (κ1) is 29.6. The van der Waals surface area contributed by atoms with Crippen molar-refractivity contribution in [2.45, 2.75) is 71.1 Å². The third-order valence-corrected chi connectivity index (χ3v) is 8.49. The van der Waals surface area contributed by atoms with Gasteiger partial charge in [0.15, 0.2) is 0 Å². The molecule has 2 unspecified atom stereocenters. The van der Waals surface area contributed by atoms with E-state index in [1.165, 1.54) is 0 Å². The van der Waals surface area contributed by atoms with E-state index in [0.717, 1.165) is 42.6 Å².